The molecule has 0 saturated carbocycles. The number of allylic oxidation sites excluding steroid dienone is 1. The van der Waals surface area contributed by atoms with E-state index in [4.69, 9.17) is 0 Å². The number of nitrogens with one attached hydrogen (secondary N) is 1. The van der Waals surface area contributed by atoms with E-state index in [1.165, 1.54) is 0 Å². The summed E-state index contributed by atoms with van der Waals surface area (Å²) < 4.78 is 0. The van der Waals surface area contributed by atoms with E-state index in [0.717, 1.165) is 25.1 Å². The summed E-state index contributed by atoms with van der Waals surface area (Å²) in [6, 6.07) is 0.417. The van der Waals surface area contributed by atoms with Crippen molar-refractivity contribution in [2.45, 2.75) is 32.7 Å². The van der Waals surface area contributed by atoms with E-state index in [-0.39, 0.29) is 6.03 Å². The van der Waals surface area contributed by atoms with Crippen LogP contribution >= 0.6 is 0 Å². The summed E-state index contributed by atoms with van der Waals surface area (Å²) in [7, 11) is 0. The van der Waals surface area contributed by atoms with Crippen molar-refractivity contribution in [3.8, 4) is 0 Å². The van der Waals surface area contributed by atoms with E-state index < -0.39 is 0 Å². The van der Waals surface area contributed by atoms with Gasteiger partial charge in [0, 0.05) is 18.3 Å². The second kappa shape index (κ2) is 3.61. The van der Waals surface area contributed by atoms with Crippen molar-refractivity contribution in [3.63, 3.8) is 0 Å². The number of carbonyl (C=O) groups is 1. The van der Waals surface area contributed by atoms with E-state index in [1.807, 2.05) is 6.92 Å². The Morgan fingerprint density at radius 3 is 2.75 bits per heavy atom. The van der Waals surface area contributed by atoms with Crippen LogP contribution in [0.3, 0.4) is 0 Å². The fourth-order valence-corrected chi connectivity index (χ4v) is 1.11. The first-order valence-electron chi connectivity index (χ1n) is 4.40. The van der Waals surface area contributed by atoms with Crippen LogP contribution in [0.15, 0.2) is 12.3 Å². The van der Waals surface area contributed by atoms with Crippen molar-refractivity contribution in [2.24, 2.45) is 0 Å². The van der Waals surface area contributed by atoms with Crippen molar-refractivity contribution >= 4 is 6.03 Å². The molecule has 2 amide bonds. The van der Waals surface area contributed by atoms with Crippen LogP contribution in [0.5, 0.6) is 0 Å². The SMILES string of the molecule is C=C(CCC)NC(=O)N1CC1C. The maximum Gasteiger partial charge on any atom is 0.321 e. The van der Waals surface area contributed by atoms with Gasteiger partial charge in [-0.25, -0.2) is 4.79 Å². The van der Waals surface area contributed by atoms with Gasteiger partial charge in [-0.15, -0.1) is 0 Å². The number of amides is 2. The predicted octanol–water partition coefficient (Wildman–Crippen LogP) is 1.71. The number of hydrogen-bond acceptors (Lipinski definition) is 1. The van der Waals surface area contributed by atoms with E-state index in [1.54, 1.807) is 4.90 Å². The Kier molecular flexibility index (Phi) is 2.74. The van der Waals surface area contributed by atoms with Gasteiger partial charge in [0.1, 0.15) is 0 Å². The molecule has 3 heteroatoms. The third-order valence-electron chi connectivity index (χ3n) is 1.96. The molecule has 1 atom stereocenters. The van der Waals surface area contributed by atoms with Gasteiger partial charge in [0.15, 0.2) is 0 Å². The molecule has 1 fully saturated rings. The zero-order valence-electron chi connectivity index (χ0n) is 7.76. The van der Waals surface area contributed by atoms with Crippen molar-refractivity contribution < 1.29 is 4.79 Å². The molecule has 1 N–H and O–H groups in total. The minimum atomic E-state index is 0.000880. The van der Waals surface area contributed by atoms with E-state index in [0.29, 0.717) is 6.04 Å². The van der Waals surface area contributed by atoms with Gasteiger partial charge >= 0.3 is 6.03 Å². The van der Waals surface area contributed by atoms with E-state index >= 15 is 0 Å². The lowest BCUT2D eigenvalue weighted by molar-refractivity contribution is 0.230. The fraction of sp³-hybridized carbons (Fsp3) is 0.667. The van der Waals surface area contributed by atoms with Crippen molar-refractivity contribution in [3.05, 3.63) is 12.3 Å². The quantitative estimate of drug-likeness (QED) is 0.639. The highest BCUT2D eigenvalue weighted by Gasteiger charge is 2.33. The molecule has 0 radical (unpaired) electrons. The maximum atomic E-state index is 11.3. The minimum Gasteiger partial charge on any atom is -0.318 e. The van der Waals surface area contributed by atoms with Crippen molar-refractivity contribution in [1.29, 1.82) is 0 Å². The van der Waals surface area contributed by atoms with E-state index in [9.17, 15) is 4.79 Å². The molecule has 0 spiro atoms. The molecular formula is C9H16N2O. The average Bonchev–Trinajstić information content (AvgIpc) is 2.67. The number of hydrogen-bond donors (Lipinski definition) is 1. The van der Waals surface area contributed by atoms with Gasteiger partial charge < -0.3 is 10.2 Å². The van der Waals surface area contributed by atoms with Crippen LogP contribution in [0.25, 0.3) is 0 Å². The molecule has 1 aliphatic heterocycles. The Hall–Kier alpha value is -0.990. The summed E-state index contributed by atoms with van der Waals surface area (Å²) in [5, 5.41) is 2.77. The van der Waals surface area contributed by atoms with Gasteiger partial charge in [-0.1, -0.05) is 19.9 Å². The lowest BCUT2D eigenvalue weighted by atomic mass is 10.3. The highest BCUT2D eigenvalue weighted by Crippen LogP contribution is 2.16. The van der Waals surface area contributed by atoms with Crippen molar-refractivity contribution in [2.75, 3.05) is 6.54 Å². The van der Waals surface area contributed by atoms with Crippen LogP contribution in [0.1, 0.15) is 26.7 Å². The molecular weight excluding hydrogens is 152 g/mol. The third kappa shape index (κ3) is 2.26. The second-order valence-electron chi connectivity index (χ2n) is 3.29. The first-order chi connectivity index (χ1) is 5.65. The molecule has 1 unspecified atom stereocenters. The van der Waals surface area contributed by atoms with Crippen LogP contribution in [0.2, 0.25) is 0 Å². The normalized spacial score (nSPS) is 20.5. The highest BCUT2D eigenvalue weighted by atomic mass is 16.2. The predicted molar refractivity (Wildman–Crippen MR) is 48.7 cm³/mol. The first kappa shape index (κ1) is 9.10. The molecule has 1 rings (SSSR count). The van der Waals surface area contributed by atoms with Crippen molar-refractivity contribution in [1.82, 2.24) is 10.2 Å². The minimum absolute atomic E-state index is 0.000880. The average molecular weight is 168 g/mol. The molecule has 0 aliphatic carbocycles. The Bertz CT molecular complexity index is 201. The summed E-state index contributed by atoms with van der Waals surface area (Å²) in [6.07, 6.45) is 1.89. The largest absolute Gasteiger partial charge is 0.321 e. The van der Waals surface area contributed by atoms with Gasteiger partial charge in [0.05, 0.1) is 0 Å². The first-order valence-corrected chi connectivity index (χ1v) is 4.40. The van der Waals surface area contributed by atoms with Gasteiger partial charge in [-0.05, 0) is 13.3 Å². The Labute approximate surface area is 73.4 Å². The fourth-order valence-electron chi connectivity index (χ4n) is 1.11. The Morgan fingerprint density at radius 2 is 2.33 bits per heavy atom. The molecule has 68 valence electrons. The lowest BCUT2D eigenvalue weighted by Gasteiger charge is -2.07. The number of nitrogens with zero attached hydrogens (tertiary/aromatic N) is 1. The third-order valence-corrected chi connectivity index (χ3v) is 1.96. The number of carbonyl (C=O) groups excluding carboxylic acids is 1. The van der Waals surface area contributed by atoms with E-state index in [2.05, 4.69) is 18.8 Å². The number of urea groups is 1. The molecule has 1 saturated heterocycles. The Balaban J connectivity index is 2.22. The maximum absolute atomic E-state index is 11.3. The molecule has 0 bridgehead atoms. The highest BCUT2D eigenvalue weighted by molar-refractivity contribution is 5.78. The number of rotatable bonds is 3. The summed E-state index contributed by atoms with van der Waals surface area (Å²) >= 11 is 0. The Morgan fingerprint density at radius 1 is 1.75 bits per heavy atom. The molecule has 1 aliphatic rings. The molecule has 0 aromatic heterocycles. The topological polar surface area (TPSA) is 32.1 Å². The monoisotopic (exact) mass is 168 g/mol. The van der Waals surface area contributed by atoms with Gasteiger partial charge in [-0.3, -0.25) is 0 Å². The molecule has 1 heterocycles. The summed E-state index contributed by atoms with van der Waals surface area (Å²) in [4.78, 5) is 13.0. The van der Waals surface area contributed by atoms with Gasteiger partial charge in [0.25, 0.3) is 0 Å². The molecule has 3 nitrogen and oxygen atoms in total. The summed E-state index contributed by atoms with van der Waals surface area (Å²) in [5.74, 6) is 0. The standard InChI is InChI=1S/C9H16N2O/c1-4-5-7(2)10-9(12)11-6-8(11)3/h8H,2,4-6H2,1,3H3,(H,10,12). The molecule has 0 aromatic rings. The lowest BCUT2D eigenvalue weighted by Crippen LogP contribution is -2.28. The van der Waals surface area contributed by atoms with Gasteiger partial charge in [0.2, 0.25) is 0 Å². The van der Waals surface area contributed by atoms with Crippen LogP contribution < -0.4 is 5.32 Å². The van der Waals surface area contributed by atoms with Crippen LogP contribution in [0, 0.1) is 0 Å². The molecule has 12 heavy (non-hydrogen) atoms. The second-order valence-corrected chi connectivity index (χ2v) is 3.29. The van der Waals surface area contributed by atoms with Crippen LogP contribution in [0.4, 0.5) is 4.79 Å². The zero-order valence-corrected chi connectivity index (χ0v) is 7.76. The summed E-state index contributed by atoms with van der Waals surface area (Å²) in [6.45, 7) is 8.74. The molecule has 0 aromatic carbocycles. The van der Waals surface area contributed by atoms with Crippen LogP contribution in [-0.2, 0) is 0 Å². The smallest absolute Gasteiger partial charge is 0.318 e. The summed E-state index contributed by atoms with van der Waals surface area (Å²) in [5.41, 5.74) is 0.821. The van der Waals surface area contributed by atoms with Gasteiger partial charge in [-0.2, -0.15) is 0 Å². The van der Waals surface area contributed by atoms with Crippen LogP contribution in [-0.4, -0.2) is 23.5 Å². The zero-order chi connectivity index (χ0) is 9.14.